The molecule has 86 valence electrons. The molecule has 1 aromatic rings. The van der Waals surface area contributed by atoms with Crippen molar-refractivity contribution >= 4 is 5.97 Å². The molecule has 1 aromatic heterocycles. The predicted molar refractivity (Wildman–Crippen MR) is 56.5 cm³/mol. The highest BCUT2D eigenvalue weighted by Crippen LogP contribution is 2.17. The SMILES string of the molecule is COC(=O)c1ccc(=O)n([C@@H]2CCOC2)c1. The molecule has 0 aliphatic carbocycles. The summed E-state index contributed by atoms with van der Waals surface area (Å²) >= 11 is 0. The van der Waals surface area contributed by atoms with E-state index in [1.165, 1.54) is 25.4 Å². The molecule has 5 nitrogen and oxygen atoms in total. The molecule has 2 heterocycles. The largest absolute Gasteiger partial charge is 0.465 e. The van der Waals surface area contributed by atoms with Gasteiger partial charge in [0.25, 0.3) is 5.56 Å². The van der Waals surface area contributed by atoms with Gasteiger partial charge < -0.3 is 14.0 Å². The second kappa shape index (κ2) is 4.49. The van der Waals surface area contributed by atoms with Crippen molar-refractivity contribution in [3.05, 3.63) is 34.2 Å². The Bertz CT molecular complexity index is 446. The van der Waals surface area contributed by atoms with Gasteiger partial charge in [-0.1, -0.05) is 0 Å². The number of esters is 1. The highest BCUT2D eigenvalue weighted by atomic mass is 16.5. The number of hydrogen-bond acceptors (Lipinski definition) is 4. The number of ether oxygens (including phenoxy) is 2. The third-order valence-corrected chi connectivity index (χ3v) is 2.66. The molecule has 2 rings (SSSR count). The molecule has 0 radical (unpaired) electrons. The minimum absolute atomic E-state index is 0.0251. The minimum atomic E-state index is -0.437. The van der Waals surface area contributed by atoms with E-state index in [0.717, 1.165) is 6.42 Å². The van der Waals surface area contributed by atoms with E-state index in [1.54, 1.807) is 4.57 Å². The number of hydrogen-bond donors (Lipinski definition) is 0. The first-order valence-electron chi connectivity index (χ1n) is 5.10. The lowest BCUT2D eigenvalue weighted by Gasteiger charge is -2.12. The van der Waals surface area contributed by atoms with Gasteiger partial charge in [-0.3, -0.25) is 4.79 Å². The van der Waals surface area contributed by atoms with Crippen LogP contribution in [0.25, 0.3) is 0 Å². The quantitative estimate of drug-likeness (QED) is 0.689. The molecule has 1 aliphatic heterocycles. The van der Waals surface area contributed by atoms with Gasteiger partial charge in [-0.05, 0) is 12.5 Å². The van der Waals surface area contributed by atoms with Gasteiger partial charge in [0.15, 0.2) is 0 Å². The van der Waals surface area contributed by atoms with E-state index in [4.69, 9.17) is 4.74 Å². The lowest BCUT2D eigenvalue weighted by molar-refractivity contribution is 0.0599. The Morgan fingerprint density at radius 2 is 2.38 bits per heavy atom. The molecule has 0 bridgehead atoms. The fourth-order valence-electron chi connectivity index (χ4n) is 1.77. The monoisotopic (exact) mass is 223 g/mol. The summed E-state index contributed by atoms with van der Waals surface area (Å²) in [6.45, 7) is 1.17. The Kier molecular flexibility index (Phi) is 3.05. The van der Waals surface area contributed by atoms with Crippen LogP contribution in [0.4, 0.5) is 0 Å². The lowest BCUT2D eigenvalue weighted by atomic mass is 10.2. The Morgan fingerprint density at radius 3 is 3.00 bits per heavy atom. The first-order valence-corrected chi connectivity index (χ1v) is 5.10. The molecule has 1 atom stereocenters. The first-order chi connectivity index (χ1) is 7.72. The number of rotatable bonds is 2. The van der Waals surface area contributed by atoms with Crippen molar-refractivity contribution in [3.63, 3.8) is 0 Å². The number of methoxy groups -OCH3 is 1. The summed E-state index contributed by atoms with van der Waals surface area (Å²) < 4.78 is 11.4. The van der Waals surface area contributed by atoms with Gasteiger partial charge in [0.2, 0.25) is 0 Å². The van der Waals surface area contributed by atoms with Crippen molar-refractivity contribution < 1.29 is 14.3 Å². The summed E-state index contributed by atoms with van der Waals surface area (Å²) in [5.74, 6) is -0.437. The maximum absolute atomic E-state index is 11.6. The van der Waals surface area contributed by atoms with E-state index < -0.39 is 5.97 Å². The van der Waals surface area contributed by atoms with Crippen molar-refractivity contribution in [1.29, 1.82) is 0 Å². The zero-order valence-electron chi connectivity index (χ0n) is 9.01. The molecule has 1 fully saturated rings. The van der Waals surface area contributed by atoms with Gasteiger partial charge in [0.05, 0.1) is 25.3 Å². The maximum atomic E-state index is 11.6. The van der Waals surface area contributed by atoms with Gasteiger partial charge >= 0.3 is 5.97 Å². The molecule has 0 saturated carbocycles. The van der Waals surface area contributed by atoms with Crippen molar-refractivity contribution in [2.45, 2.75) is 12.5 Å². The van der Waals surface area contributed by atoms with Gasteiger partial charge in [-0.2, -0.15) is 0 Å². The van der Waals surface area contributed by atoms with Crippen LogP contribution in [-0.2, 0) is 9.47 Å². The third kappa shape index (κ3) is 1.99. The maximum Gasteiger partial charge on any atom is 0.339 e. The topological polar surface area (TPSA) is 57.5 Å². The summed E-state index contributed by atoms with van der Waals surface area (Å²) in [5, 5.41) is 0. The van der Waals surface area contributed by atoms with Crippen LogP contribution < -0.4 is 5.56 Å². The fraction of sp³-hybridized carbons (Fsp3) is 0.455. The van der Waals surface area contributed by atoms with Crippen LogP contribution in [0.15, 0.2) is 23.1 Å². The molecular formula is C11H13NO4. The van der Waals surface area contributed by atoms with Crippen LogP contribution in [0.2, 0.25) is 0 Å². The fourth-order valence-corrected chi connectivity index (χ4v) is 1.77. The molecular weight excluding hydrogens is 210 g/mol. The van der Waals surface area contributed by atoms with Crippen LogP contribution in [0, 0.1) is 0 Å². The van der Waals surface area contributed by atoms with E-state index in [1.807, 2.05) is 0 Å². The van der Waals surface area contributed by atoms with Gasteiger partial charge in [-0.15, -0.1) is 0 Å². The molecule has 1 aliphatic rings. The molecule has 16 heavy (non-hydrogen) atoms. The smallest absolute Gasteiger partial charge is 0.339 e. The highest BCUT2D eigenvalue weighted by Gasteiger charge is 2.19. The molecule has 0 unspecified atom stereocenters. The Labute approximate surface area is 92.6 Å². The van der Waals surface area contributed by atoms with Crippen LogP contribution in [-0.4, -0.2) is 30.9 Å². The second-order valence-electron chi connectivity index (χ2n) is 3.67. The lowest BCUT2D eigenvalue weighted by Crippen LogP contribution is -2.25. The summed E-state index contributed by atoms with van der Waals surface area (Å²) in [4.78, 5) is 22.9. The Hall–Kier alpha value is -1.62. The van der Waals surface area contributed by atoms with Crippen molar-refractivity contribution in [2.24, 2.45) is 0 Å². The number of carbonyl (C=O) groups is 1. The highest BCUT2D eigenvalue weighted by molar-refractivity contribution is 5.88. The molecule has 0 spiro atoms. The van der Waals surface area contributed by atoms with Crippen LogP contribution in [0.3, 0.4) is 0 Å². The Balaban J connectivity index is 2.36. The average Bonchev–Trinajstić information content (AvgIpc) is 2.82. The van der Waals surface area contributed by atoms with E-state index in [2.05, 4.69) is 4.74 Å². The van der Waals surface area contributed by atoms with E-state index in [9.17, 15) is 9.59 Å². The number of nitrogens with zero attached hydrogens (tertiary/aromatic N) is 1. The number of aromatic nitrogens is 1. The van der Waals surface area contributed by atoms with Crippen LogP contribution >= 0.6 is 0 Å². The number of carbonyl (C=O) groups excluding carboxylic acids is 1. The van der Waals surface area contributed by atoms with Gasteiger partial charge in [-0.25, -0.2) is 4.79 Å². The van der Waals surface area contributed by atoms with Crippen molar-refractivity contribution in [1.82, 2.24) is 4.57 Å². The van der Waals surface area contributed by atoms with E-state index in [-0.39, 0.29) is 11.6 Å². The zero-order chi connectivity index (χ0) is 11.5. The van der Waals surface area contributed by atoms with Crippen molar-refractivity contribution in [3.8, 4) is 0 Å². The first kappa shape index (κ1) is 10.9. The normalized spacial score (nSPS) is 19.7. The molecule has 0 aromatic carbocycles. The van der Waals surface area contributed by atoms with Crippen LogP contribution in [0.1, 0.15) is 22.8 Å². The minimum Gasteiger partial charge on any atom is -0.465 e. The molecule has 0 amide bonds. The summed E-state index contributed by atoms with van der Waals surface area (Å²) in [6, 6.07) is 2.88. The standard InChI is InChI=1S/C11H13NO4/c1-15-11(14)8-2-3-10(13)12(6-8)9-4-5-16-7-9/h2-3,6,9H,4-5,7H2,1H3/t9-/m1/s1. The predicted octanol–water partition coefficient (Wildman–Crippen LogP) is 0.596. The van der Waals surface area contributed by atoms with E-state index in [0.29, 0.717) is 18.8 Å². The van der Waals surface area contributed by atoms with Crippen molar-refractivity contribution in [2.75, 3.05) is 20.3 Å². The van der Waals surface area contributed by atoms with Gasteiger partial charge in [0, 0.05) is 18.9 Å². The summed E-state index contributed by atoms with van der Waals surface area (Å²) in [5.41, 5.74) is 0.261. The zero-order valence-corrected chi connectivity index (χ0v) is 9.01. The van der Waals surface area contributed by atoms with Crippen LogP contribution in [0.5, 0.6) is 0 Å². The van der Waals surface area contributed by atoms with Gasteiger partial charge in [0.1, 0.15) is 0 Å². The molecule has 5 heteroatoms. The number of pyridine rings is 1. The molecule has 0 N–H and O–H groups in total. The average molecular weight is 223 g/mol. The summed E-state index contributed by atoms with van der Waals surface area (Å²) in [7, 11) is 1.32. The third-order valence-electron chi connectivity index (χ3n) is 2.66. The second-order valence-corrected chi connectivity index (χ2v) is 3.67. The summed E-state index contributed by atoms with van der Waals surface area (Å²) in [6.07, 6.45) is 2.33. The Morgan fingerprint density at radius 1 is 1.56 bits per heavy atom. The molecule has 1 saturated heterocycles. The van der Waals surface area contributed by atoms with E-state index >= 15 is 0 Å².